The summed E-state index contributed by atoms with van der Waals surface area (Å²) in [4.78, 5) is 0. The van der Waals surface area contributed by atoms with Crippen molar-refractivity contribution in [3.05, 3.63) is 32.4 Å². The Kier molecular flexibility index (Phi) is 5.84. The van der Waals surface area contributed by atoms with Crippen molar-refractivity contribution in [1.82, 2.24) is 5.43 Å². The molecule has 84 valence electrons. The molecule has 3 N–H and O–H groups in total. The van der Waals surface area contributed by atoms with E-state index in [4.69, 9.17) is 22.2 Å². The van der Waals surface area contributed by atoms with E-state index in [1.54, 1.807) is 0 Å². The third-order valence-electron chi connectivity index (χ3n) is 2.02. The van der Waals surface area contributed by atoms with Crippen molar-refractivity contribution in [3.8, 4) is 0 Å². The highest BCUT2D eigenvalue weighted by molar-refractivity contribution is 14.1. The minimum absolute atomic E-state index is 0.0180. The molecular formula is C10H14ClIN2O. The summed E-state index contributed by atoms with van der Waals surface area (Å²) in [6, 6.07) is 5.72. The van der Waals surface area contributed by atoms with Gasteiger partial charge in [0, 0.05) is 15.2 Å². The van der Waals surface area contributed by atoms with Crippen LogP contribution in [0.4, 0.5) is 0 Å². The molecule has 0 amide bonds. The first-order chi connectivity index (χ1) is 7.19. The van der Waals surface area contributed by atoms with Crippen LogP contribution in [0.5, 0.6) is 0 Å². The van der Waals surface area contributed by atoms with Gasteiger partial charge in [0.15, 0.2) is 0 Å². The smallest absolute Gasteiger partial charge is 0.0704 e. The maximum Gasteiger partial charge on any atom is 0.0704 e. The fourth-order valence-corrected chi connectivity index (χ4v) is 2.14. The minimum atomic E-state index is -0.0180. The molecule has 5 heteroatoms. The molecule has 0 aliphatic rings. The largest absolute Gasteiger partial charge is 0.380 e. The second kappa shape index (κ2) is 6.65. The van der Waals surface area contributed by atoms with Crippen LogP contribution in [0.25, 0.3) is 0 Å². The van der Waals surface area contributed by atoms with Crippen molar-refractivity contribution in [2.75, 3.05) is 13.2 Å². The van der Waals surface area contributed by atoms with Crippen molar-refractivity contribution in [1.29, 1.82) is 0 Å². The number of benzene rings is 1. The molecule has 1 atom stereocenters. The number of halogens is 2. The monoisotopic (exact) mass is 340 g/mol. The SMILES string of the molecule is CCOCC(NN)c1cc(Cl)ccc1I. The summed E-state index contributed by atoms with van der Waals surface area (Å²) >= 11 is 8.20. The Morgan fingerprint density at radius 1 is 1.60 bits per heavy atom. The minimum Gasteiger partial charge on any atom is -0.380 e. The molecule has 0 aliphatic heterocycles. The van der Waals surface area contributed by atoms with Gasteiger partial charge in [-0.3, -0.25) is 11.3 Å². The van der Waals surface area contributed by atoms with Gasteiger partial charge in [0.1, 0.15) is 0 Å². The number of hydrogen-bond donors (Lipinski definition) is 2. The quantitative estimate of drug-likeness (QED) is 0.492. The van der Waals surface area contributed by atoms with Crippen molar-refractivity contribution >= 4 is 34.2 Å². The molecule has 0 heterocycles. The predicted octanol–water partition coefficient (Wildman–Crippen LogP) is 2.49. The molecule has 0 spiro atoms. The molecule has 0 saturated carbocycles. The molecule has 3 nitrogen and oxygen atoms in total. The van der Waals surface area contributed by atoms with Gasteiger partial charge in [-0.25, -0.2) is 0 Å². The second-order valence-corrected chi connectivity index (χ2v) is 4.64. The lowest BCUT2D eigenvalue weighted by Crippen LogP contribution is -2.32. The lowest BCUT2D eigenvalue weighted by atomic mass is 10.1. The molecule has 1 rings (SSSR count). The molecule has 1 unspecified atom stereocenters. The summed E-state index contributed by atoms with van der Waals surface area (Å²) in [7, 11) is 0. The molecule has 0 bridgehead atoms. The maximum atomic E-state index is 5.94. The zero-order valence-electron chi connectivity index (χ0n) is 8.47. The normalized spacial score (nSPS) is 12.8. The van der Waals surface area contributed by atoms with Crippen LogP contribution < -0.4 is 11.3 Å². The zero-order valence-corrected chi connectivity index (χ0v) is 11.4. The lowest BCUT2D eigenvalue weighted by molar-refractivity contribution is 0.123. The molecule has 1 aromatic carbocycles. The topological polar surface area (TPSA) is 47.3 Å². The Labute approximate surface area is 108 Å². The average Bonchev–Trinajstić information content (AvgIpc) is 2.24. The highest BCUT2D eigenvalue weighted by Gasteiger charge is 2.13. The summed E-state index contributed by atoms with van der Waals surface area (Å²) in [5, 5.41) is 0.710. The molecular weight excluding hydrogens is 326 g/mol. The Bertz CT molecular complexity index is 322. The summed E-state index contributed by atoms with van der Waals surface area (Å²) in [5.41, 5.74) is 3.80. The van der Waals surface area contributed by atoms with Gasteiger partial charge < -0.3 is 4.74 Å². The molecule has 0 fully saturated rings. The Hall–Kier alpha value is 0.120. The van der Waals surface area contributed by atoms with Gasteiger partial charge in [0.25, 0.3) is 0 Å². The highest BCUT2D eigenvalue weighted by Crippen LogP contribution is 2.23. The number of hydrazine groups is 1. The van der Waals surface area contributed by atoms with E-state index in [-0.39, 0.29) is 6.04 Å². The number of ether oxygens (including phenoxy) is 1. The van der Waals surface area contributed by atoms with E-state index >= 15 is 0 Å². The van der Waals surface area contributed by atoms with Crippen molar-refractivity contribution in [2.24, 2.45) is 5.84 Å². The fourth-order valence-electron chi connectivity index (χ4n) is 1.25. The van der Waals surface area contributed by atoms with Gasteiger partial charge in [0.2, 0.25) is 0 Å². The molecule has 0 radical (unpaired) electrons. The van der Waals surface area contributed by atoms with Gasteiger partial charge in [0.05, 0.1) is 12.6 Å². The first-order valence-electron chi connectivity index (χ1n) is 4.67. The molecule has 0 saturated heterocycles. The average molecular weight is 341 g/mol. The van der Waals surface area contributed by atoms with Crippen LogP contribution in [0.3, 0.4) is 0 Å². The van der Waals surface area contributed by atoms with Gasteiger partial charge >= 0.3 is 0 Å². The number of rotatable bonds is 5. The maximum absolute atomic E-state index is 5.94. The van der Waals surface area contributed by atoms with Gasteiger partial charge in [-0.2, -0.15) is 0 Å². The van der Waals surface area contributed by atoms with E-state index in [0.717, 1.165) is 9.13 Å². The van der Waals surface area contributed by atoms with E-state index in [1.807, 2.05) is 25.1 Å². The number of nitrogens with one attached hydrogen (secondary N) is 1. The van der Waals surface area contributed by atoms with Crippen LogP contribution in [0.2, 0.25) is 5.02 Å². The molecule has 0 aliphatic carbocycles. The fraction of sp³-hybridized carbons (Fsp3) is 0.400. The van der Waals surface area contributed by atoms with E-state index in [2.05, 4.69) is 28.0 Å². The van der Waals surface area contributed by atoms with E-state index < -0.39 is 0 Å². The molecule has 15 heavy (non-hydrogen) atoms. The van der Waals surface area contributed by atoms with Crippen LogP contribution in [-0.2, 0) is 4.74 Å². The molecule has 1 aromatic rings. The van der Waals surface area contributed by atoms with Crippen LogP contribution >= 0.6 is 34.2 Å². The van der Waals surface area contributed by atoms with Crippen molar-refractivity contribution in [3.63, 3.8) is 0 Å². The zero-order chi connectivity index (χ0) is 11.3. The van der Waals surface area contributed by atoms with Crippen LogP contribution in [0.15, 0.2) is 18.2 Å². The Morgan fingerprint density at radius 2 is 2.33 bits per heavy atom. The van der Waals surface area contributed by atoms with Crippen LogP contribution in [0.1, 0.15) is 18.5 Å². The van der Waals surface area contributed by atoms with Crippen molar-refractivity contribution in [2.45, 2.75) is 13.0 Å². The van der Waals surface area contributed by atoms with Gasteiger partial charge in [-0.05, 0) is 53.3 Å². The van der Waals surface area contributed by atoms with Crippen LogP contribution in [-0.4, -0.2) is 13.2 Å². The van der Waals surface area contributed by atoms with Gasteiger partial charge in [-0.1, -0.05) is 11.6 Å². The lowest BCUT2D eigenvalue weighted by Gasteiger charge is -2.17. The first-order valence-corrected chi connectivity index (χ1v) is 6.13. The summed E-state index contributed by atoms with van der Waals surface area (Å²) in [5.74, 6) is 5.49. The summed E-state index contributed by atoms with van der Waals surface area (Å²) in [6.07, 6.45) is 0. The Morgan fingerprint density at radius 3 is 2.93 bits per heavy atom. The standard InChI is InChI=1S/C10H14ClIN2O/c1-2-15-6-10(14-13)8-5-7(11)3-4-9(8)12/h3-5,10,14H,2,6,13H2,1H3. The first kappa shape index (κ1) is 13.2. The summed E-state index contributed by atoms with van der Waals surface area (Å²) < 4.78 is 6.47. The summed E-state index contributed by atoms with van der Waals surface area (Å²) in [6.45, 7) is 3.18. The third kappa shape index (κ3) is 3.88. The second-order valence-electron chi connectivity index (χ2n) is 3.04. The number of nitrogens with two attached hydrogens (primary N) is 1. The molecule has 0 aromatic heterocycles. The van der Waals surface area contributed by atoms with E-state index in [1.165, 1.54) is 0 Å². The van der Waals surface area contributed by atoms with E-state index in [9.17, 15) is 0 Å². The van der Waals surface area contributed by atoms with Crippen molar-refractivity contribution < 1.29 is 4.74 Å². The van der Waals surface area contributed by atoms with Gasteiger partial charge in [-0.15, -0.1) is 0 Å². The Balaban J connectivity index is 2.85. The van der Waals surface area contributed by atoms with E-state index in [0.29, 0.717) is 18.2 Å². The third-order valence-corrected chi connectivity index (χ3v) is 3.24. The predicted molar refractivity (Wildman–Crippen MR) is 70.7 cm³/mol. The number of hydrogen-bond acceptors (Lipinski definition) is 3. The van der Waals surface area contributed by atoms with Crippen LogP contribution in [0, 0.1) is 3.57 Å². The highest BCUT2D eigenvalue weighted by atomic mass is 127.